The molecule has 3 heteroatoms. The van der Waals surface area contributed by atoms with Gasteiger partial charge in [0.25, 0.3) is 0 Å². The van der Waals surface area contributed by atoms with Crippen molar-refractivity contribution in [3.63, 3.8) is 0 Å². The van der Waals surface area contributed by atoms with Crippen LogP contribution in [0, 0.1) is 0 Å². The van der Waals surface area contributed by atoms with Crippen LogP contribution in [0.1, 0.15) is 18.5 Å². The zero-order valence-electron chi connectivity index (χ0n) is 10.5. The van der Waals surface area contributed by atoms with E-state index in [1.807, 2.05) is 13.1 Å². The summed E-state index contributed by atoms with van der Waals surface area (Å²) in [6, 6.07) is 17.3. The monoisotopic (exact) mass is 321 g/mol. The molecule has 1 nitrogen and oxygen atoms in total. The molecule has 0 heterocycles. The first kappa shape index (κ1) is 13.7. The molecule has 1 unspecified atom stereocenters. The van der Waals surface area contributed by atoms with E-state index in [2.05, 4.69) is 70.6 Å². The highest BCUT2D eigenvalue weighted by Gasteiger charge is 2.08. The third kappa shape index (κ3) is 3.37. The molecule has 0 fully saturated rings. The molecule has 0 aliphatic heterocycles. The van der Waals surface area contributed by atoms with Gasteiger partial charge in [0.2, 0.25) is 0 Å². The summed E-state index contributed by atoms with van der Waals surface area (Å²) in [6.07, 6.45) is 0. The van der Waals surface area contributed by atoms with E-state index in [0.717, 1.165) is 4.47 Å². The second-order valence-electron chi connectivity index (χ2n) is 4.11. The number of nitrogens with one attached hydrogen (secondary N) is 1. The van der Waals surface area contributed by atoms with Gasteiger partial charge in [-0.05, 0) is 43.8 Å². The van der Waals surface area contributed by atoms with Gasteiger partial charge in [-0.25, -0.2) is 0 Å². The second kappa shape index (κ2) is 6.41. The van der Waals surface area contributed by atoms with Gasteiger partial charge < -0.3 is 5.32 Å². The summed E-state index contributed by atoms with van der Waals surface area (Å²) in [7, 11) is 1.98. The minimum atomic E-state index is 0.357. The lowest BCUT2D eigenvalue weighted by atomic mass is 10.1. The van der Waals surface area contributed by atoms with Crippen molar-refractivity contribution in [2.45, 2.75) is 22.8 Å². The highest BCUT2D eigenvalue weighted by atomic mass is 79.9. The van der Waals surface area contributed by atoms with Gasteiger partial charge in [0.05, 0.1) is 0 Å². The predicted molar refractivity (Wildman–Crippen MR) is 82.2 cm³/mol. The molecule has 1 N–H and O–H groups in total. The fourth-order valence-corrected chi connectivity index (χ4v) is 3.45. The Balaban J connectivity index is 2.19. The molecule has 94 valence electrons. The molecule has 0 bridgehead atoms. The van der Waals surface area contributed by atoms with E-state index in [4.69, 9.17) is 0 Å². The fourth-order valence-electron chi connectivity index (χ4n) is 1.70. The van der Waals surface area contributed by atoms with E-state index in [1.54, 1.807) is 11.8 Å². The van der Waals surface area contributed by atoms with E-state index in [9.17, 15) is 0 Å². The number of hydrogen-bond donors (Lipinski definition) is 1. The molecule has 0 aliphatic carbocycles. The van der Waals surface area contributed by atoms with Crippen molar-refractivity contribution in [2.75, 3.05) is 7.05 Å². The van der Waals surface area contributed by atoms with E-state index in [0.29, 0.717) is 6.04 Å². The fraction of sp³-hybridized carbons (Fsp3) is 0.200. The first-order valence-electron chi connectivity index (χ1n) is 5.90. The molecule has 0 spiro atoms. The maximum atomic E-state index is 3.65. The largest absolute Gasteiger partial charge is 0.313 e. The Bertz CT molecular complexity index is 513. The molecule has 0 aromatic heterocycles. The molecular formula is C15H16BrNS. The lowest BCUT2D eigenvalue weighted by Crippen LogP contribution is -2.12. The Morgan fingerprint density at radius 1 is 1.06 bits per heavy atom. The molecule has 2 rings (SSSR count). The summed E-state index contributed by atoms with van der Waals surface area (Å²) in [4.78, 5) is 2.51. The van der Waals surface area contributed by atoms with Crippen LogP contribution < -0.4 is 5.32 Å². The van der Waals surface area contributed by atoms with Crippen LogP contribution in [0.5, 0.6) is 0 Å². The van der Waals surface area contributed by atoms with Crippen molar-refractivity contribution >= 4 is 27.7 Å². The first-order chi connectivity index (χ1) is 8.70. The standard InChI is InChI=1S/C15H16BrNS/c1-11(17-2)14-9-8-13(10-15(14)16)18-12-6-4-3-5-7-12/h3-11,17H,1-2H3. The van der Waals surface area contributed by atoms with Crippen LogP contribution in [-0.2, 0) is 0 Å². The quantitative estimate of drug-likeness (QED) is 0.861. The minimum Gasteiger partial charge on any atom is -0.313 e. The summed E-state index contributed by atoms with van der Waals surface area (Å²) in [5.74, 6) is 0. The van der Waals surface area contributed by atoms with Gasteiger partial charge in [0.15, 0.2) is 0 Å². The third-order valence-electron chi connectivity index (χ3n) is 2.85. The van der Waals surface area contributed by atoms with Crippen molar-refractivity contribution < 1.29 is 0 Å². The van der Waals surface area contributed by atoms with Gasteiger partial charge >= 0.3 is 0 Å². The van der Waals surface area contributed by atoms with Crippen LogP contribution in [0.25, 0.3) is 0 Å². The van der Waals surface area contributed by atoms with Crippen molar-refractivity contribution in [1.29, 1.82) is 0 Å². The Hall–Kier alpha value is -0.770. The second-order valence-corrected chi connectivity index (χ2v) is 6.11. The van der Waals surface area contributed by atoms with Gasteiger partial charge in [0, 0.05) is 20.3 Å². The summed E-state index contributed by atoms with van der Waals surface area (Å²) in [5.41, 5.74) is 1.29. The van der Waals surface area contributed by atoms with E-state index in [1.165, 1.54) is 15.4 Å². The maximum absolute atomic E-state index is 3.65. The van der Waals surface area contributed by atoms with Gasteiger partial charge in [-0.2, -0.15) is 0 Å². The van der Waals surface area contributed by atoms with Gasteiger partial charge in [-0.1, -0.05) is 52.0 Å². The predicted octanol–water partition coefficient (Wildman–Crippen LogP) is 4.88. The Morgan fingerprint density at radius 3 is 2.39 bits per heavy atom. The SMILES string of the molecule is CNC(C)c1ccc(Sc2ccccc2)cc1Br. The van der Waals surface area contributed by atoms with Crippen molar-refractivity contribution in [3.05, 3.63) is 58.6 Å². The Labute approximate surface area is 121 Å². The van der Waals surface area contributed by atoms with Crippen LogP contribution in [0.3, 0.4) is 0 Å². The summed E-state index contributed by atoms with van der Waals surface area (Å²) < 4.78 is 1.16. The van der Waals surface area contributed by atoms with Crippen LogP contribution in [0.2, 0.25) is 0 Å². The lowest BCUT2D eigenvalue weighted by Gasteiger charge is -2.13. The molecule has 0 radical (unpaired) electrons. The minimum absolute atomic E-state index is 0.357. The van der Waals surface area contributed by atoms with Crippen LogP contribution in [0.15, 0.2) is 62.8 Å². The average molecular weight is 322 g/mol. The first-order valence-corrected chi connectivity index (χ1v) is 7.51. The van der Waals surface area contributed by atoms with Crippen LogP contribution in [-0.4, -0.2) is 7.05 Å². The zero-order valence-corrected chi connectivity index (χ0v) is 12.9. The smallest absolute Gasteiger partial charge is 0.0300 e. The van der Waals surface area contributed by atoms with E-state index in [-0.39, 0.29) is 0 Å². The normalized spacial score (nSPS) is 12.4. The van der Waals surface area contributed by atoms with Crippen molar-refractivity contribution in [3.8, 4) is 0 Å². The van der Waals surface area contributed by atoms with Crippen LogP contribution >= 0.6 is 27.7 Å². The molecule has 2 aromatic rings. The summed E-state index contributed by atoms with van der Waals surface area (Å²) >= 11 is 5.43. The molecule has 1 atom stereocenters. The Kier molecular flexibility index (Phi) is 4.87. The molecular weight excluding hydrogens is 306 g/mol. The Morgan fingerprint density at radius 2 is 1.78 bits per heavy atom. The lowest BCUT2D eigenvalue weighted by molar-refractivity contribution is 0.649. The summed E-state index contributed by atoms with van der Waals surface area (Å²) in [6.45, 7) is 2.16. The van der Waals surface area contributed by atoms with Crippen LogP contribution in [0.4, 0.5) is 0 Å². The highest BCUT2D eigenvalue weighted by molar-refractivity contribution is 9.10. The molecule has 18 heavy (non-hydrogen) atoms. The number of hydrogen-bond acceptors (Lipinski definition) is 2. The van der Waals surface area contributed by atoms with E-state index >= 15 is 0 Å². The molecule has 0 aliphatic rings. The van der Waals surface area contributed by atoms with Crippen molar-refractivity contribution in [2.24, 2.45) is 0 Å². The number of benzene rings is 2. The third-order valence-corrected chi connectivity index (χ3v) is 4.53. The highest BCUT2D eigenvalue weighted by Crippen LogP contribution is 2.32. The molecule has 0 amide bonds. The van der Waals surface area contributed by atoms with Gasteiger partial charge in [-0.15, -0.1) is 0 Å². The average Bonchev–Trinajstić information content (AvgIpc) is 2.39. The topological polar surface area (TPSA) is 12.0 Å². The molecule has 2 aromatic carbocycles. The summed E-state index contributed by atoms with van der Waals surface area (Å²) in [5, 5.41) is 3.25. The number of halogens is 1. The van der Waals surface area contributed by atoms with Crippen molar-refractivity contribution in [1.82, 2.24) is 5.32 Å². The van der Waals surface area contributed by atoms with Gasteiger partial charge in [-0.3, -0.25) is 0 Å². The zero-order chi connectivity index (χ0) is 13.0. The molecule has 0 saturated carbocycles. The maximum Gasteiger partial charge on any atom is 0.0300 e. The van der Waals surface area contributed by atoms with Gasteiger partial charge in [0.1, 0.15) is 0 Å². The number of rotatable bonds is 4. The van der Waals surface area contributed by atoms with E-state index < -0.39 is 0 Å². The molecule has 0 saturated heterocycles.